The average molecular weight is 247 g/mol. The number of benzene rings is 1. The molecule has 0 spiro atoms. The third-order valence-corrected chi connectivity index (χ3v) is 2.87. The molecule has 1 N–H and O–H groups in total. The third kappa shape index (κ3) is 2.92. The van der Waals surface area contributed by atoms with Crippen LogP contribution in [0.25, 0.3) is 0 Å². The summed E-state index contributed by atoms with van der Waals surface area (Å²) >= 11 is 0. The minimum absolute atomic E-state index is 0.248. The zero-order valence-corrected chi connectivity index (χ0v) is 9.90. The molecule has 94 valence electrons. The fourth-order valence-corrected chi connectivity index (χ4v) is 1.77. The highest BCUT2D eigenvalue weighted by Gasteiger charge is 2.21. The molecule has 0 radical (unpaired) electrons. The van der Waals surface area contributed by atoms with Gasteiger partial charge in [-0.1, -0.05) is 12.1 Å². The summed E-state index contributed by atoms with van der Waals surface area (Å²) in [6.07, 6.45) is 2.92. The van der Waals surface area contributed by atoms with Gasteiger partial charge >= 0.3 is 0 Å². The monoisotopic (exact) mass is 247 g/mol. The molecule has 0 saturated heterocycles. The van der Waals surface area contributed by atoms with Crippen molar-refractivity contribution in [3.63, 3.8) is 0 Å². The van der Waals surface area contributed by atoms with E-state index in [2.05, 4.69) is 15.5 Å². The number of hydrogen-bond donors (Lipinski definition) is 1. The first-order chi connectivity index (χ1) is 8.79. The largest absolute Gasteiger partial charge is 0.424 e. The van der Waals surface area contributed by atoms with Gasteiger partial charge in [-0.25, -0.2) is 4.39 Å². The normalized spacial score (nSPS) is 14.9. The molecule has 0 amide bonds. The van der Waals surface area contributed by atoms with Crippen molar-refractivity contribution in [3.05, 3.63) is 47.4 Å². The topological polar surface area (TPSA) is 51.0 Å². The lowest BCUT2D eigenvalue weighted by Gasteiger charge is -1.97. The SMILES string of the molecule is Fc1cccc(Cc2nnc(CNC3CC3)o2)c1. The van der Waals surface area contributed by atoms with Crippen molar-refractivity contribution in [1.29, 1.82) is 0 Å². The van der Waals surface area contributed by atoms with Crippen molar-refractivity contribution >= 4 is 0 Å². The molecular formula is C13H14FN3O. The summed E-state index contributed by atoms with van der Waals surface area (Å²) < 4.78 is 18.5. The minimum atomic E-state index is -0.248. The smallest absolute Gasteiger partial charge is 0.230 e. The lowest BCUT2D eigenvalue weighted by atomic mass is 10.1. The zero-order chi connectivity index (χ0) is 12.4. The summed E-state index contributed by atoms with van der Waals surface area (Å²) in [4.78, 5) is 0. The van der Waals surface area contributed by atoms with Crippen LogP contribution in [0.3, 0.4) is 0 Å². The Morgan fingerprint density at radius 2 is 2.11 bits per heavy atom. The summed E-state index contributed by atoms with van der Waals surface area (Å²) in [6, 6.07) is 7.03. The Morgan fingerprint density at radius 3 is 2.89 bits per heavy atom. The number of hydrogen-bond acceptors (Lipinski definition) is 4. The van der Waals surface area contributed by atoms with E-state index in [9.17, 15) is 4.39 Å². The minimum Gasteiger partial charge on any atom is -0.424 e. The highest BCUT2D eigenvalue weighted by atomic mass is 19.1. The van der Waals surface area contributed by atoms with E-state index in [-0.39, 0.29) is 5.82 Å². The van der Waals surface area contributed by atoms with Crippen LogP contribution >= 0.6 is 0 Å². The summed E-state index contributed by atoms with van der Waals surface area (Å²) in [5.41, 5.74) is 0.834. The van der Waals surface area contributed by atoms with Gasteiger partial charge in [0.05, 0.1) is 13.0 Å². The van der Waals surface area contributed by atoms with E-state index in [0.717, 1.165) is 5.56 Å². The second-order valence-corrected chi connectivity index (χ2v) is 4.55. The van der Waals surface area contributed by atoms with Gasteiger partial charge in [0.25, 0.3) is 0 Å². The predicted molar refractivity (Wildman–Crippen MR) is 63.4 cm³/mol. The molecule has 1 aromatic carbocycles. The lowest BCUT2D eigenvalue weighted by molar-refractivity contribution is 0.438. The summed E-state index contributed by atoms with van der Waals surface area (Å²) in [5, 5.41) is 11.2. The van der Waals surface area contributed by atoms with E-state index in [0.29, 0.717) is 30.8 Å². The highest BCUT2D eigenvalue weighted by Crippen LogP contribution is 2.19. The van der Waals surface area contributed by atoms with Crippen LogP contribution < -0.4 is 5.32 Å². The molecule has 2 aromatic rings. The van der Waals surface area contributed by atoms with Gasteiger partial charge in [-0.3, -0.25) is 0 Å². The molecule has 1 aromatic heterocycles. The van der Waals surface area contributed by atoms with E-state index in [4.69, 9.17) is 4.42 Å². The Kier molecular flexibility index (Phi) is 3.06. The Hall–Kier alpha value is -1.75. The van der Waals surface area contributed by atoms with E-state index in [1.807, 2.05) is 6.07 Å². The lowest BCUT2D eigenvalue weighted by Crippen LogP contribution is -2.15. The van der Waals surface area contributed by atoms with Crippen LogP contribution in [0.15, 0.2) is 28.7 Å². The number of nitrogens with one attached hydrogen (secondary N) is 1. The molecule has 1 saturated carbocycles. The number of halogens is 1. The second-order valence-electron chi connectivity index (χ2n) is 4.55. The van der Waals surface area contributed by atoms with Crippen molar-refractivity contribution in [2.75, 3.05) is 0 Å². The Bertz CT molecular complexity index is 537. The van der Waals surface area contributed by atoms with Crippen molar-refractivity contribution in [3.8, 4) is 0 Å². The summed E-state index contributed by atoms with van der Waals surface area (Å²) in [7, 11) is 0. The highest BCUT2D eigenvalue weighted by molar-refractivity contribution is 5.19. The molecule has 1 aliphatic rings. The molecule has 0 aliphatic heterocycles. The van der Waals surface area contributed by atoms with Crippen LogP contribution in [0.5, 0.6) is 0 Å². The van der Waals surface area contributed by atoms with Crippen LogP contribution in [0.1, 0.15) is 30.2 Å². The maximum atomic E-state index is 13.0. The molecule has 1 fully saturated rings. The first-order valence-corrected chi connectivity index (χ1v) is 6.09. The van der Waals surface area contributed by atoms with Crippen LogP contribution in [0, 0.1) is 5.82 Å². The molecule has 0 bridgehead atoms. The molecule has 0 atom stereocenters. The van der Waals surface area contributed by atoms with E-state index < -0.39 is 0 Å². The third-order valence-electron chi connectivity index (χ3n) is 2.87. The maximum absolute atomic E-state index is 13.0. The van der Waals surface area contributed by atoms with Crippen molar-refractivity contribution < 1.29 is 8.81 Å². The van der Waals surface area contributed by atoms with Crippen LogP contribution in [-0.4, -0.2) is 16.2 Å². The van der Waals surface area contributed by atoms with Gasteiger partial charge in [0.2, 0.25) is 11.8 Å². The van der Waals surface area contributed by atoms with Gasteiger partial charge in [-0.15, -0.1) is 10.2 Å². The molecular weight excluding hydrogens is 233 g/mol. The van der Waals surface area contributed by atoms with Crippen molar-refractivity contribution in [2.45, 2.75) is 31.8 Å². The van der Waals surface area contributed by atoms with E-state index in [1.165, 1.54) is 25.0 Å². The average Bonchev–Trinajstić information content (AvgIpc) is 3.08. The Morgan fingerprint density at radius 1 is 1.28 bits per heavy atom. The van der Waals surface area contributed by atoms with Crippen LogP contribution in [0.2, 0.25) is 0 Å². The summed E-state index contributed by atoms with van der Waals surface area (Å²) in [5.74, 6) is 0.865. The number of nitrogens with zero attached hydrogens (tertiary/aromatic N) is 2. The van der Waals surface area contributed by atoms with E-state index >= 15 is 0 Å². The fourth-order valence-electron chi connectivity index (χ4n) is 1.77. The van der Waals surface area contributed by atoms with Crippen molar-refractivity contribution in [1.82, 2.24) is 15.5 Å². The van der Waals surface area contributed by atoms with Crippen molar-refractivity contribution in [2.24, 2.45) is 0 Å². The van der Waals surface area contributed by atoms with Gasteiger partial charge < -0.3 is 9.73 Å². The van der Waals surface area contributed by atoms with Crippen LogP contribution in [-0.2, 0) is 13.0 Å². The fraction of sp³-hybridized carbons (Fsp3) is 0.385. The Balaban J connectivity index is 1.61. The maximum Gasteiger partial charge on any atom is 0.230 e. The van der Waals surface area contributed by atoms with Gasteiger partial charge in [0, 0.05) is 6.04 Å². The second kappa shape index (κ2) is 4.86. The molecule has 3 rings (SSSR count). The molecule has 4 nitrogen and oxygen atoms in total. The Labute approximate surface area is 104 Å². The number of rotatable bonds is 5. The zero-order valence-electron chi connectivity index (χ0n) is 9.90. The number of aromatic nitrogens is 2. The standard InChI is InChI=1S/C13H14FN3O/c14-10-3-1-2-9(6-10)7-12-16-17-13(18-12)8-15-11-4-5-11/h1-3,6,11,15H,4-5,7-8H2. The van der Waals surface area contributed by atoms with Gasteiger partial charge in [-0.05, 0) is 30.5 Å². The quantitative estimate of drug-likeness (QED) is 0.878. The molecule has 1 aliphatic carbocycles. The van der Waals surface area contributed by atoms with Gasteiger partial charge in [-0.2, -0.15) is 0 Å². The van der Waals surface area contributed by atoms with E-state index in [1.54, 1.807) is 6.07 Å². The summed E-state index contributed by atoms with van der Waals surface area (Å²) in [6.45, 7) is 0.612. The molecule has 18 heavy (non-hydrogen) atoms. The molecule has 0 unspecified atom stereocenters. The first kappa shape index (κ1) is 11.3. The van der Waals surface area contributed by atoms with Gasteiger partial charge in [0.1, 0.15) is 5.82 Å². The first-order valence-electron chi connectivity index (χ1n) is 6.09. The molecule has 1 heterocycles. The van der Waals surface area contributed by atoms with Crippen LogP contribution in [0.4, 0.5) is 4.39 Å². The molecule has 5 heteroatoms. The predicted octanol–water partition coefficient (Wildman–Crippen LogP) is 2.05. The van der Waals surface area contributed by atoms with Gasteiger partial charge in [0.15, 0.2) is 0 Å².